The van der Waals surface area contributed by atoms with Crippen LogP contribution in [0.15, 0.2) is 12.3 Å². The summed E-state index contributed by atoms with van der Waals surface area (Å²) in [6.45, 7) is 9.08. The van der Waals surface area contributed by atoms with Crippen molar-refractivity contribution < 1.29 is 9.84 Å². The van der Waals surface area contributed by atoms with Gasteiger partial charge in [0.25, 0.3) is 0 Å². The highest BCUT2D eigenvalue weighted by Gasteiger charge is 2.37. The Morgan fingerprint density at radius 2 is 2.05 bits per heavy atom. The molecule has 1 unspecified atom stereocenters. The number of hydrogen-bond donors (Lipinski definition) is 2. The van der Waals surface area contributed by atoms with Gasteiger partial charge in [-0.15, -0.1) is 0 Å². The third kappa shape index (κ3) is 2.73. The highest BCUT2D eigenvalue weighted by molar-refractivity contribution is 5.46. The zero-order valence-electron chi connectivity index (χ0n) is 11.9. The number of aryl methyl sites for hydroxylation is 1. The Morgan fingerprint density at radius 3 is 2.63 bits per heavy atom. The average Bonchev–Trinajstić information content (AvgIpc) is 2.39. The van der Waals surface area contributed by atoms with Gasteiger partial charge in [-0.05, 0) is 32.4 Å². The largest absolute Gasteiger partial charge is 0.386 e. The van der Waals surface area contributed by atoms with Gasteiger partial charge >= 0.3 is 0 Å². The summed E-state index contributed by atoms with van der Waals surface area (Å²) in [6.07, 6.45) is 1.00. The molecule has 2 heterocycles. The zero-order valence-corrected chi connectivity index (χ0v) is 11.9. The summed E-state index contributed by atoms with van der Waals surface area (Å²) >= 11 is 0. The van der Waals surface area contributed by atoms with Crippen molar-refractivity contribution >= 4 is 5.82 Å². The molecule has 19 heavy (non-hydrogen) atoms. The second-order valence-corrected chi connectivity index (χ2v) is 5.58. The van der Waals surface area contributed by atoms with Crippen molar-refractivity contribution in [3.05, 3.63) is 23.4 Å². The lowest BCUT2D eigenvalue weighted by molar-refractivity contribution is -0.0630. The van der Waals surface area contributed by atoms with E-state index in [1.165, 1.54) is 0 Å². The molecule has 0 aliphatic carbocycles. The minimum atomic E-state index is -0.667. The molecule has 5 heteroatoms. The van der Waals surface area contributed by atoms with Crippen LogP contribution >= 0.6 is 0 Å². The van der Waals surface area contributed by atoms with Gasteiger partial charge < -0.3 is 15.6 Å². The molecule has 0 radical (unpaired) electrons. The van der Waals surface area contributed by atoms with Crippen LogP contribution in [-0.2, 0) is 4.74 Å². The monoisotopic (exact) mass is 265 g/mol. The molecule has 1 aromatic heterocycles. The standard InChI is InChI=1S/C14H23N3O2/c1-10-4-5-16-13(15)11(10)12(18)14(2,3)17-6-8-19-9-7-17/h4-5,12,18H,6-9H2,1-3H3,(H2,15,16). The van der Waals surface area contributed by atoms with E-state index in [0.29, 0.717) is 19.0 Å². The zero-order chi connectivity index (χ0) is 14.0. The van der Waals surface area contributed by atoms with E-state index in [-0.39, 0.29) is 0 Å². The third-order valence-corrected chi connectivity index (χ3v) is 4.01. The minimum absolute atomic E-state index is 0.397. The van der Waals surface area contributed by atoms with Gasteiger partial charge in [0.05, 0.1) is 13.2 Å². The molecule has 106 valence electrons. The average molecular weight is 265 g/mol. The molecule has 1 fully saturated rings. The molecule has 0 amide bonds. The Bertz CT molecular complexity index is 422. The second kappa shape index (κ2) is 5.45. The normalized spacial score (nSPS) is 19.4. The lowest BCUT2D eigenvalue weighted by atomic mass is 9.87. The molecule has 0 saturated carbocycles. The summed E-state index contributed by atoms with van der Waals surface area (Å²) in [5, 5.41) is 10.8. The summed E-state index contributed by atoms with van der Waals surface area (Å²) in [6, 6.07) is 1.88. The number of aromatic nitrogens is 1. The fourth-order valence-electron chi connectivity index (χ4n) is 2.61. The molecular formula is C14H23N3O2. The van der Waals surface area contributed by atoms with Gasteiger partial charge in [-0.3, -0.25) is 4.90 Å². The molecule has 0 spiro atoms. The first-order valence-corrected chi connectivity index (χ1v) is 6.66. The predicted octanol–water partition coefficient (Wildman–Crippen LogP) is 1.12. The van der Waals surface area contributed by atoms with Crippen LogP contribution < -0.4 is 5.73 Å². The number of aliphatic hydroxyl groups is 1. The van der Waals surface area contributed by atoms with E-state index < -0.39 is 11.6 Å². The Labute approximate surface area is 114 Å². The van der Waals surface area contributed by atoms with Gasteiger partial charge in [0.1, 0.15) is 11.9 Å². The van der Waals surface area contributed by atoms with Crippen molar-refractivity contribution in [1.82, 2.24) is 9.88 Å². The number of ether oxygens (including phenoxy) is 1. The number of anilines is 1. The first-order chi connectivity index (χ1) is 8.94. The number of morpholine rings is 1. The summed E-state index contributed by atoms with van der Waals surface area (Å²) < 4.78 is 5.37. The lowest BCUT2D eigenvalue weighted by Gasteiger charge is -2.44. The van der Waals surface area contributed by atoms with Crippen molar-refractivity contribution in [3.8, 4) is 0 Å². The Balaban J connectivity index is 2.28. The summed E-state index contributed by atoms with van der Waals surface area (Å²) in [7, 11) is 0. The number of nitrogen functional groups attached to an aromatic ring is 1. The number of nitrogens with two attached hydrogens (primary N) is 1. The molecule has 1 saturated heterocycles. The predicted molar refractivity (Wildman–Crippen MR) is 74.8 cm³/mol. The fraction of sp³-hybridized carbons (Fsp3) is 0.643. The first-order valence-electron chi connectivity index (χ1n) is 6.66. The molecule has 1 aliphatic rings. The quantitative estimate of drug-likeness (QED) is 0.857. The van der Waals surface area contributed by atoms with Gasteiger partial charge in [0.2, 0.25) is 0 Å². The Hall–Kier alpha value is -1.17. The molecule has 1 aromatic rings. The van der Waals surface area contributed by atoms with Crippen LogP contribution in [-0.4, -0.2) is 46.8 Å². The van der Waals surface area contributed by atoms with E-state index in [1.807, 2.05) is 26.8 Å². The lowest BCUT2D eigenvalue weighted by Crippen LogP contribution is -2.53. The Morgan fingerprint density at radius 1 is 1.42 bits per heavy atom. The SMILES string of the molecule is Cc1ccnc(N)c1C(O)C(C)(C)N1CCOCC1. The van der Waals surface area contributed by atoms with Gasteiger partial charge in [0, 0.05) is 30.4 Å². The van der Waals surface area contributed by atoms with Crippen molar-refractivity contribution in [1.29, 1.82) is 0 Å². The van der Waals surface area contributed by atoms with E-state index in [4.69, 9.17) is 10.5 Å². The van der Waals surface area contributed by atoms with Crippen molar-refractivity contribution in [2.75, 3.05) is 32.0 Å². The molecular weight excluding hydrogens is 242 g/mol. The van der Waals surface area contributed by atoms with E-state index in [9.17, 15) is 5.11 Å². The number of pyridine rings is 1. The molecule has 1 aliphatic heterocycles. The molecule has 2 rings (SSSR count). The highest BCUT2D eigenvalue weighted by atomic mass is 16.5. The van der Waals surface area contributed by atoms with E-state index in [1.54, 1.807) is 6.20 Å². The fourth-order valence-corrected chi connectivity index (χ4v) is 2.61. The van der Waals surface area contributed by atoms with Crippen LogP contribution in [0.5, 0.6) is 0 Å². The van der Waals surface area contributed by atoms with Gasteiger partial charge in [-0.25, -0.2) is 4.98 Å². The first kappa shape index (κ1) is 14.2. The number of aliphatic hydroxyl groups excluding tert-OH is 1. The van der Waals surface area contributed by atoms with Crippen molar-refractivity contribution in [3.63, 3.8) is 0 Å². The molecule has 1 atom stereocenters. The summed E-state index contributed by atoms with van der Waals surface area (Å²) in [5.74, 6) is 0.411. The number of rotatable bonds is 3. The van der Waals surface area contributed by atoms with Crippen LogP contribution in [0.4, 0.5) is 5.82 Å². The van der Waals surface area contributed by atoms with Gasteiger partial charge in [-0.1, -0.05) is 0 Å². The summed E-state index contributed by atoms with van der Waals surface area (Å²) in [5.41, 5.74) is 7.25. The maximum absolute atomic E-state index is 10.8. The number of nitrogens with zero attached hydrogens (tertiary/aromatic N) is 2. The third-order valence-electron chi connectivity index (χ3n) is 4.01. The topological polar surface area (TPSA) is 71.6 Å². The molecule has 0 bridgehead atoms. The minimum Gasteiger partial charge on any atom is -0.386 e. The van der Waals surface area contributed by atoms with Crippen molar-refractivity contribution in [2.45, 2.75) is 32.4 Å². The summed E-state index contributed by atoms with van der Waals surface area (Å²) in [4.78, 5) is 6.34. The van der Waals surface area contributed by atoms with Crippen LogP contribution in [0.2, 0.25) is 0 Å². The molecule has 0 aromatic carbocycles. The van der Waals surface area contributed by atoms with Crippen LogP contribution in [0.25, 0.3) is 0 Å². The van der Waals surface area contributed by atoms with Crippen LogP contribution in [0, 0.1) is 6.92 Å². The van der Waals surface area contributed by atoms with Crippen LogP contribution in [0.1, 0.15) is 31.1 Å². The Kier molecular flexibility index (Phi) is 4.08. The van der Waals surface area contributed by atoms with E-state index in [2.05, 4.69) is 9.88 Å². The van der Waals surface area contributed by atoms with Crippen LogP contribution in [0.3, 0.4) is 0 Å². The van der Waals surface area contributed by atoms with E-state index in [0.717, 1.165) is 24.2 Å². The number of hydrogen-bond acceptors (Lipinski definition) is 5. The maximum Gasteiger partial charge on any atom is 0.129 e. The van der Waals surface area contributed by atoms with Gasteiger partial charge in [0.15, 0.2) is 0 Å². The molecule has 5 nitrogen and oxygen atoms in total. The maximum atomic E-state index is 10.8. The molecule has 3 N–H and O–H groups in total. The van der Waals surface area contributed by atoms with Gasteiger partial charge in [-0.2, -0.15) is 0 Å². The second-order valence-electron chi connectivity index (χ2n) is 5.58. The smallest absolute Gasteiger partial charge is 0.129 e. The van der Waals surface area contributed by atoms with Crippen molar-refractivity contribution in [2.24, 2.45) is 0 Å². The highest BCUT2D eigenvalue weighted by Crippen LogP contribution is 2.35. The van der Waals surface area contributed by atoms with E-state index >= 15 is 0 Å².